The Hall–Kier alpha value is -2.33. The summed E-state index contributed by atoms with van der Waals surface area (Å²) in [6, 6.07) is 7.61. The maximum atomic E-state index is 12.8. The van der Waals surface area contributed by atoms with Crippen LogP contribution in [-0.2, 0) is 10.3 Å². The monoisotopic (exact) mass is 285 g/mol. The molecule has 0 saturated carbocycles. The van der Waals surface area contributed by atoms with Crippen molar-refractivity contribution in [2.45, 2.75) is 0 Å². The standard InChI is InChI=1S/C9H8FN5O3S/c10-8-11-6-12-9(13-8)14-15(19(16,17)18)7-4-2-1-3-5-7/h1-6H,(H,16,17,18)(H,11,12,13,14). The largest absolute Gasteiger partial charge is 0.377 e. The van der Waals surface area contributed by atoms with E-state index in [1.54, 1.807) is 18.2 Å². The Morgan fingerprint density at radius 3 is 2.47 bits per heavy atom. The molecule has 2 aromatic rings. The van der Waals surface area contributed by atoms with Gasteiger partial charge in [-0.25, -0.2) is 5.43 Å². The fraction of sp³-hybridized carbons (Fsp3) is 0. The summed E-state index contributed by atoms with van der Waals surface area (Å²) in [4.78, 5) is 9.89. The first-order valence-corrected chi connectivity index (χ1v) is 6.30. The second-order valence-corrected chi connectivity index (χ2v) is 4.53. The highest BCUT2D eigenvalue weighted by Crippen LogP contribution is 2.16. The second kappa shape index (κ2) is 5.12. The molecule has 100 valence electrons. The zero-order valence-corrected chi connectivity index (χ0v) is 10.1. The maximum Gasteiger partial charge on any atom is 0.377 e. The van der Waals surface area contributed by atoms with Crippen LogP contribution in [0.15, 0.2) is 36.7 Å². The Kier molecular flexibility index (Phi) is 3.53. The summed E-state index contributed by atoms with van der Waals surface area (Å²) >= 11 is 0. The van der Waals surface area contributed by atoms with Gasteiger partial charge in [-0.05, 0) is 12.1 Å². The quantitative estimate of drug-likeness (QED) is 0.627. The maximum absolute atomic E-state index is 12.8. The van der Waals surface area contributed by atoms with E-state index in [0.717, 1.165) is 6.33 Å². The Bertz CT molecular complexity index is 667. The molecule has 0 bridgehead atoms. The van der Waals surface area contributed by atoms with Crippen LogP contribution >= 0.6 is 0 Å². The number of para-hydroxylation sites is 1. The van der Waals surface area contributed by atoms with Crippen molar-refractivity contribution in [2.75, 3.05) is 9.84 Å². The van der Waals surface area contributed by atoms with E-state index < -0.39 is 16.4 Å². The van der Waals surface area contributed by atoms with E-state index in [1.807, 2.05) is 0 Å². The van der Waals surface area contributed by atoms with E-state index in [-0.39, 0.29) is 11.6 Å². The van der Waals surface area contributed by atoms with E-state index in [0.29, 0.717) is 4.41 Å². The molecule has 0 fully saturated rings. The molecule has 1 aromatic carbocycles. The van der Waals surface area contributed by atoms with Crippen molar-refractivity contribution < 1.29 is 17.4 Å². The van der Waals surface area contributed by atoms with E-state index in [9.17, 15) is 12.8 Å². The van der Waals surface area contributed by atoms with Crippen LogP contribution in [0, 0.1) is 6.08 Å². The molecular formula is C9H8FN5O3S. The molecule has 0 spiro atoms. The van der Waals surface area contributed by atoms with Crippen LogP contribution in [0.3, 0.4) is 0 Å². The highest BCUT2D eigenvalue weighted by atomic mass is 32.2. The molecule has 0 unspecified atom stereocenters. The van der Waals surface area contributed by atoms with Crippen LogP contribution in [0.25, 0.3) is 0 Å². The zero-order valence-electron chi connectivity index (χ0n) is 9.30. The number of hydrogen-bond acceptors (Lipinski definition) is 6. The van der Waals surface area contributed by atoms with Crippen molar-refractivity contribution in [1.82, 2.24) is 15.0 Å². The molecular weight excluding hydrogens is 277 g/mol. The van der Waals surface area contributed by atoms with Crippen molar-refractivity contribution in [3.05, 3.63) is 42.7 Å². The third kappa shape index (κ3) is 3.33. The Morgan fingerprint density at radius 2 is 1.89 bits per heavy atom. The van der Waals surface area contributed by atoms with Gasteiger partial charge in [-0.2, -0.15) is 32.2 Å². The number of aromatic nitrogens is 3. The van der Waals surface area contributed by atoms with Gasteiger partial charge >= 0.3 is 16.4 Å². The number of hydrazine groups is 1. The molecule has 0 aliphatic rings. The van der Waals surface area contributed by atoms with Gasteiger partial charge in [0.15, 0.2) is 0 Å². The van der Waals surface area contributed by atoms with Gasteiger partial charge in [-0.3, -0.25) is 4.55 Å². The van der Waals surface area contributed by atoms with Gasteiger partial charge in [0.1, 0.15) is 6.33 Å². The number of benzene rings is 1. The molecule has 0 radical (unpaired) electrons. The van der Waals surface area contributed by atoms with Crippen LogP contribution < -0.4 is 9.84 Å². The molecule has 0 amide bonds. The third-order valence-electron chi connectivity index (χ3n) is 1.97. The minimum Gasteiger partial charge on any atom is -0.268 e. The molecule has 10 heteroatoms. The highest BCUT2D eigenvalue weighted by molar-refractivity contribution is 7.87. The molecule has 0 aliphatic heterocycles. The lowest BCUT2D eigenvalue weighted by molar-refractivity contribution is 0.480. The lowest BCUT2D eigenvalue weighted by Crippen LogP contribution is -2.36. The molecule has 1 heterocycles. The van der Waals surface area contributed by atoms with Crippen molar-refractivity contribution in [3.8, 4) is 0 Å². The zero-order chi connectivity index (χ0) is 13.9. The van der Waals surface area contributed by atoms with Crippen LogP contribution in [-0.4, -0.2) is 27.9 Å². The Balaban J connectivity index is 2.36. The van der Waals surface area contributed by atoms with Crippen LogP contribution in [0.1, 0.15) is 0 Å². The first-order valence-electron chi connectivity index (χ1n) is 4.91. The predicted molar refractivity (Wildman–Crippen MR) is 63.9 cm³/mol. The van der Waals surface area contributed by atoms with E-state index in [4.69, 9.17) is 4.55 Å². The summed E-state index contributed by atoms with van der Waals surface area (Å²) in [5.41, 5.74) is 2.27. The van der Waals surface area contributed by atoms with Crippen LogP contribution in [0.2, 0.25) is 0 Å². The topological polar surface area (TPSA) is 108 Å². The fourth-order valence-corrected chi connectivity index (χ4v) is 1.82. The highest BCUT2D eigenvalue weighted by Gasteiger charge is 2.20. The van der Waals surface area contributed by atoms with Gasteiger partial charge in [0.25, 0.3) is 0 Å². The molecule has 0 atom stereocenters. The third-order valence-corrected chi connectivity index (χ3v) is 2.73. The first-order chi connectivity index (χ1) is 8.97. The first kappa shape index (κ1) is 13.1. The van der Waals surface area contributed by atoms with Crippen molar-refractivity contribution >= 4 is 21.9 Å². The van der Waals surface area contributed by atoms with Gasteiger partial charge < -0.3 is 0 Å². The van der Waals surface area contributed by atoms with Gasteiger partial charge in [0.2, 0.25) is 5.95 Å². The summed E-state index contributed by atoms with van der Waals surface area (Å²) in [6.45, 7) is 0. The SMILES string of the molecule is O=S(=O)(O)N(Nc1ncnc(F)n1)c1ccccc1. The lowest BCUT2D eigenvalue weighted by Gasteiger charge is -2.20. The van der Waals surface area contributed by atoms with E-state index >= 15 is 0 Å². The van der Waals surface area contributed by atoms with Crippen LogP contribution in [0.4, 0.5) is 16.0 Å². The molecule has 19 heavy (non-hydrogen) atoms. The summed E-state index contributed by atoms with van der Waals surface area (Å²) in [5, 5.41) is 0. The number of halogens is 1. The van der Waals surface area contributed by atoms with Gasteiger partial charge in [0, 0.05) is 0 Å². The summed E-state index contributed by atoms with van der Waals surface area (Å²) in [5.74, 6) is -0.367. The molecule has 2 rings (SSSR count). The van der Waals surface area contributed by atoms with Crippen molar-refractivity contribution in [2.24, 2.45) is 0 Å². The summed E-state index contributed by atoms with van der Waals surface area (Å²) in [7, 11) is -4.63. The molecule has 8 nitrogen and oxygen atoms in total. The molecule has 2 N–H and O–H groups in total. The number of rotatable bonds is 4. The average Bonchev–Trinajstić information content (AvgIpc) is 2.36. The minimum atomic E-state index is -4.63. The number of anilines is 2. The van der Waals surface area contributed by atoms with Gasteiger partial charge in [-0.1, -0.05) is 18.2 Å². The van der Waals surface area contributed by atoms with Gasteiger partial charge in [-0.15, -0.1) is 0 Å². The minimum absolute atomic E-state index is 0.103. The fourth-order valence-electron chi connectivity index (χ4n) is 1.24. The summed E-state index contributed by atoms with van der Waals surface area (Å²) in [6.07, 6.45) is -0.224. The lowest BCUT2D eigenvalue weighted by atomic mass is 10.3. The van der Waals surface area contributed by atoms with Crippen LogP contribution in [0.5, 0.6) is 0 Å². The van der Waals surface area contributed by atoms with Gasteiger partial charge in [0.05, 0.1) is 5.69 Å². The Labute approximate surface area is 107 Å². The number of nitrogens with zero attached hydrogens (tertiary/aromatic N) is 4. The number of nitrogens with one attached hydrogen (secondary N) is 1. The van der Waals surface area contributed by atoms with Crippen molar-refractivity contribution in [1.29, 1.82) is 0 Å². The smallest absolute Gasteiger partial charge is 0.268 e. The average molecular weight is 285 g/mol. The van der Waals surface area contributed by atoms with Crippen molar-refractivity contribution in [3.63, 3.8) is 0 Å². The number of hydrogen-bond donors (Lipinski definition) is 2. The molecule has 1 aromatic heterocycles. The predicted octanol–water partition coefficient (Wildman–Crippen LogP) is 0.647. The molecule has 0 saturated heterocycles. The molecule has 0 aliphatic carbocycles. The summed E-state index contributed by atoms with van der Waals surface area (Å²) < 4.78 is 44.9. The normalized spacial score (nSPS) is 11.1. The second-order valence-electron chi connectivity index (χ2n) is 3.27. The van der Waals surface area contributed by atoms with E-state index in [2.05, 4.69) is 20.4 Å². The Morgan fingerprint density at radius 1 is 1.21 bits per heavy atom. The van der Waals surface area contributed by atoms with E-state index in [1.165, 1.54) is 12.1 Å².